The second-order valence-corrected chi connectivity index (χ2v) is 11.7. The molecule has 1 N–H and O–H groups in total. The van der Waals surface area contributed by atoms with E-state index in [9.17, 15) is 9.59 Å². The third-order valence-electron chi connectivity index (χ3n) is 8.38. The Bertz CT molecular complexity index is 806. The molecule has 0 aromatic carbocycles. The summed E-state index contributed by atoms with van der Waals surface area (Å²) in [7, 11) is 0. The fourth-order valence-corrected chi connectivity index (χ4v) is 8.89. The van der Waals surface area contributed by atoms with Gasteiger partial charge in [-0.15, -0.1) is 11.3 Å². The highest BCUT2D eigenvalue weighted by molar-refractivity contribution is 7.17. The van der Waals surface area contributed by atoms with E-state index in [1.54, 1.807) is 11.3 Å². The van der Waals surface area contributed by atoms with Gasteiger partial charge in [-0.2, -0.15) is 0 Å². The highest BCUT2D eigenvalue weighted by Gasteiger charge is 2.51. The zero-order valence-corrected chi connectivity index (χ0v) is 19.2. The minimum absolute atomic E-state index is 0.105. The first-order valence-electron chi connectivity index (χ1n) is 12.1. The molecule has 5 heteroatoms. The van der Waals surface area contributed by atoms with Gasteiger partial charge >= 0.3 is 5.97 Å². The third kappa shape index (κ3) is 3.72. The van der Waals surface area contributed by atoms with E-state index in [1.807, 2.05) is 6.92 Å². The number of esters is 1. The van der Waals surface area contributed by atoms with Crippen LogP contribution in [-0.2, 0) is 22.4 Å². The van der Waals surface area contributed by atoms with Crippen LogP contribution in [0.5, 0.6) is 0 Å². The minimum atomic E-state index is -0.268. The van der Waals surface area contributed by atoms with Gasteiger partial charge in [-0.3, -0.25) is 4.79 Å². The number of rotatable bonds is 6. The van der Waals surface area contributed by atoms with Crippen LogP contribution < -0.4 is 5.32 Å². The van der Waals surface area contributed by atoms with Crippen LogP contribution in [0.1, 0.15) is 92.4 Å². The van der Waals surface area contributed by atoms with Crippen LogP contribution in [0.2, 0.25) is 0 Å². The number of nitrogens with one attached hydrogen (secondary N) is 1. The van der Waals surface area contributed by atoms with Crippen molar-refractivity contribution < 1.29 is 14.3 Å². The van der Waals surface area contributed by atoms with Crippen LogP contribution >= 0.6 is 11.3 Å². The number of anilines is 1. The van der Waals surface area contributed by atoms with Gasteiger partial charge < -0.3 is 10.1 Å². The molecular weight excluding hydrogens is 394 g/mol. The minimum Gasteiger partial charge on any atom is -0.462 e. The molecule has 6 rings (SSSR count). The first-order valence-corrected chi connectivity index (χ1v) is 12.9. The van der Waals surface area contributed by atoms with Crippen LogP contribution in [0.4, 0.5) is 5.00 Å². The van der Waals surface area contributed by atoms with Crippen molar-refractivity contribution in [2.45, 2.75) is 84.5 Å². The van der Waals surface area contributed by atoms with Gasteiger partial charge in [0.05, 0.1) is 12.2 Å². The lowest BCUT2D eigenvalue weighted by Crippen LogP contribution is -2.47. The van der Waals surface area contributed by atoms with Crippen LogP contribution in [0.15, 0.2) is 0 Å². The van der Waals surface area contributed by atoms with Crippen molar-refractivity contribution in [1.29, 1.82) is 0 Å². The van der Waals surface area contributed by atoms with Gasteiger partial charge in [0.15, 0.2) is 0 Å². The lowest BCUT2D eigenvalue weighted by atomic mass is 9.49. The Balaban J connectivity index is 1.35. The fraction of sp³-hybridized carbons (Fsp3) is 0.760. The number of thiophene rings is 1. The van der Waals surface area contributed by atoms with Crippen molar-refractivity contribution >= 4 is 28.2 Å². The summed E-state index contributed by atoms with van der Waals surface area (Å²) in [5.74, 6) is 3.06. The molecule has 5 aliphatic rings. The summed E-state index contributed by atoms with van der Waals surface area (Å²) < 4.78 is 5.38. The molecule has 0 unspecified atom stereocenters. The maximum absolute atomic E-state index is 13.2. The molecule has 4 bridgehead atoms. The molecule has 4 saturated carbocycles. The standard InChI is InChI=1S/C25H35NO3S/c1-3-15-5-6-19-20(10-15)30-23(22(19)24(28)29-4-2)26-21(27)14-25-11-16-7-17(12-25)9-18(8-16)13-25/h15-18H,3-14H2,1-2H3,(H,26,27)/t15-,16?,17?,18?,25?/m0/s1. The molecule has 0 aliphatic heterocycles. The Morgan fingerprint density at radius 2 is 1.77 bits per heavy atom. The van der Waals surface area contributed by atoms with E-state index >= 15 is 0 Å². The number of hydrogen-bond acceptors (Lipinski definition) is 4. The van der Waals surface area contributed by atoms with Crippen LogP contribution in [0.3, 0.4) is 0 Å². The Labute approximate surface area is 184 Å². The van der Waals surface area contributed by atoms with Gasteiger partial charge in [0, 0.05) is 11.3 Å². The zero-order chi connectivity index (χ0) is 20.9. The normalized spacial score (nSPS) is 33.9. The average Bonchev–Trinajstić information content (AvgIpc) is 3.03. The van der Waals surface area contributed by atoms with E-state index in [1.165, 1.54) is 49.8 Å². The Morgan fingerprint density at radius 1 is 1.10 bits per heavy atom. The van der Waals surface area contributed by atoms with Crippen molar-refractivity contribution in [2.24, 2.45) is 29.1 Å². The second-order valence-electron chi connectivity index (χ2n) is 10.6. The summed E-state index contributed by atoms with van der Waals surface area (Å²) in [6.07, 6.45) is 12.7. The smallest absolute Gasteiger partial charge is 0.341 e. The monoisotopic (exact) mass is 429 g/mol. The number of hydrogen-bond donors (Lipinski definition) is 1. The molecule has 4 nitrogen and oxygen atoms in total. The van der Waals surface area contributed by atoms with Gasteiger partial charge in [-0.1, -0.05) is 13.3 Å². The number of amides is 1. The van der Waals surface area contributed by atoms with Crippen LogP contribution in [0, 0.1) is 29.1 Å². The molecule has 1 amide bonds. The molecule has 4 fully saturated rings. The Kier molecular flexibility index (Phi) is 5.45. The summed E-state index contributed by atoms with van der Waals surface area (Å²) in [4.78, 5) is 27.3. The molecule has 164 valence electrons. The van der Waals surface area contributed by atoms with Crippen LogP contribution in [-0.4, -0.2) is 18.5 Å². The van der Waals surface area contributed by atoms with Crippen molar-refractivity contribution in [2.75, 3.05) is 11.9 Å². The molecule has 0 saturated heterocycles. The van der Waals surface area contributed by atoms with Crippen molar-refractivity contribution in [3.05, 3.63) is 16.0 Å². The fourth-order valence-electron chi connectivity index (χ4n) is 7.53. The largest absolute Gasteiger partial charge is 0.462 e. The van der Waals surface area contributed by atoms with Gasteiger partial charge in [0.2, 0.25) is 5.91 Å². The molecular formula is C25H35NO3S. The van der Waals surface area contributed by atoms with E-state index in [4.69, 9.17) is 4.74 Å². The lowest BCUT2D eigenvalue weighted by Gasteiger charge is -2.56. The van der Waals surface area contributed by atoms with E-state index < -0.39 is 0 Å². The van der Waals surface area contributed by atoms with E-state index in [2.05, 4.69) is 12.2 Å². The van der Waals surface area contributed by atoms with Crippen molar-refractivity contribution in [1.82, 2.24) is 0 Å². The van der Waals surface area contributed by atoms with Gasteiger partial charge in [-0.25, -0.2) is 4.79 Å². The van der Waals surface area contributed by atoms with Gasteiger partial charge in [-0.05, 0) is 99.4 Å². The quantitative estimate of drug-likeness (QED) is 0.566. The van der Waals surface area contributed by atoms with E-state index in [0.717, 1.165) is 47.6 Å². The molecule has 0 radical (unpaired) electrons. The summed E-state index contributed by atoms with van der Waals surface area (Å²) in [5.41, 5.74) is 1.99. The second kappa shape index (κ2) is 7.96. The molecule has 1 atom stereocenters. The SMILES string of the molecule is CCOC(=O)c1c(NC(=O)CC23CC4CC(CC(C4)C2)C3)sc2c1CC[C@H](CC)C2. The zero-order valence-electron chi connectivity index (χ0n) is 18.4. The number of fused-ring (bicyclic) bond motifs is 1. The summed E-state index contributed by atoms with van der Waals surface area (Å²) in [5, 5.41) is 3.93. The molecule has 5 aliphatic carbocycles. The topological polar surface area (TPSA) is 55.4 Å². The Morgan fingerprint density at radius 3 is 2.37 bits per heavy atom. The summed E-state index contributed by atoms with van der Waals surface area (Å²) in [6.45, 7) is 4.44. The average molecular weight is 430 g/mol. The van der Waals surface area contributed by atoms with Crippen molar-refractivity contribution in [3.63, 3.8) is 0 Å². The molecule has 30 heavy (non-hydrogen) atoms. The van der Waals surface area contributed by atoms with E-state index in [0.29, 0.717) is 24.5 Å². The molecule has 1 aromatic heterocycles. The molecule has 1 heterocycles. The number of carbonyl (C=O) groups is 2. The number of ether oxygens (including phenoxy) is 1. The van der Waals surface area contributed by atoms with Gasteiger partial charge in [0.1, 0.15) is 5.00 Å². The molecule has 0 spiro atoms. The maximum atomic E-state index is 13.2. The highest BCUT2D eigenvalue weighted by Crippen LogP contribution is 2.61. The Hall–Kier alpha value is -1.36. The first kappa shape index (κ1) is 20.5. The summed E-state index contributed by atoms with van der Waals surface area (Å²) >= 11 is 1.62. The molecule has 1 aromatic rings. The van der Waals surface area contributed by atoms with E-state index in [-0.39, 0.29) is 17.3 Å². The highest BCUT2D eigenvalue weighted by atomic mass is 32.1. The third-order valence-corrected chi connectivity index (χ3v) is 9.55. The van der Waals surface area contributed by atoms with Crippen LogP contribution in [0.25, 0.3) is 0 Å². The maximum Gasteiger partial charge on any atom is 0.341 e. The lowest BCUT2D eigenvalue weighted by molar-refractivity contribution is -0.124. The van der Waals surface area contributed by atoms with Crippen molar-refractivity contribution in [3.8, 4) is 0 Å². The van der Waals surface area contributed by atoms with Gasteiger partial charge in [0.25, 0.3) is 0 Å². The predicted octanol–water partition coefficient (Wildman–Crippen LogP) is 5.98. The first-order chi connectivity index (χ1) is 14.5. The summed E-state index contributed by atoms with van der Waals surface area (Å²) in [6, 6.07) is 0. The number of carbonyl (C=O) groups excluding carboxylic acids is 2. The predicted molar refractivity (Wildman–Crippen MR) is 120 cm³/mol.